The second-order valence-corrected chi connectivity index (χ2v) is 10.8. The minimum Gasteiger partial charge on any atom is -0.495 e. The van der Waals surface area contributed by atoms with Gasteiger partial charge in [-0.05, 0) is 72.3 Å². The van der Waals surface area contributed by atoms with Crippen LogP contribution >= 0.6 is 11.6 Å². The molecule has 1 heterocycles. The van der Waals surface area contributed by atoms with Gasteiger partial charge in [-0.1, -0.05) is 41.9 Å². The second-order valence-electron chi connectivity index (χ2n) is 10.4. The van der Waals surface area contributed by atoms with E-state index in [4.69, 9.17) is 21.1 Å². The van der Waals surface area contributed by atoms with Gasteiger partial charge in [0.2, 0.25) is 0 Å². The van der Waals surface area contributed by atoms with Crippen LogP contribution in [0.15, 0.2) is 102 Å². The number of carbonyl (C=O) groups excluding carboxylic acids is 2. The molecular weight excluding hydrogens is 578 g/mol. The van der Waals surface area contributed by atoms with Gasteiger partial charge in [0.1, 0.15) is 18.0 Å². The normalized spacial score (nSPS) is 13.5. The Hall–Kier alpha value is -4.86. The van der Waals surface area contributed by atoms with Crippen LogP contribution in [0.1, 0.15) is 21.5 Å². The Morgan fingerprint density at radius 3 is 2.43 bits per heavy atom. The maximum absolute atomic E-state index is 12.6. The van der Waals surface area contributed by atoms with E-state index >= 15 is 0 Å². The lowest BCUT2D eigenvalue weighted by Gasteiger charge is -2.34. The highest BCUT2D eigenvalue weighted by molar-refractivity contribution is 6.30. The molecule has 1 fully saturated rings. The number of ether oxygens (including phenoxy) is 2. The van der Waals surface area contributed by atoms with E-state index in [1.165, 1.54) is 10.5 Å². The zero-order chi connectivity index (χ0) is 30.7. The summed E-state index contributed by atoms with van der Waals surface area (Å²) in [5.41, 5.74) is 6.83. The van der Waals surface area contributed by atoms with E-state index in [-0.39, 0.29) is 18.4 Å². The number of amides is 2. The summed E-state index contributed by atoms with van der Waals surface area (Å²) in [5.74, 6) is 0.868. The van der Waals surface area contributed by atoms with Crippen LogP contribution in [0.3, 0.4) is 0 Å². The number of quaternary nitrogens is 1. The summed E-state index contributed by atoms with van der Waals surface area (Å²) in [6, 6.07) is 29.8. The smallest absolute Gasteiger partial charge is 0.271 e. The van der Waals surface area contributed by atoms with Crippen LogP contribution in [0.25, 0.3) is 0 Å². The monoisotopic (exact) mass is 612 g/mol. The van der Waals surface area contributed by atoms with Crippen LogP contribution < -0.4 is 30.0 Å². The fourth-order valence-electron chi connectivity index (χ4n) is 4.99. The molecule has 2 amide bonds. The number of hydrazone groups is 1. The van der Waals surface area contributed by atoms with Gasteiger partial charge in [-0.3, -0.25) is 9.59 Å². The predicted octanol–water partition coefficient (Wildman–Crippen LogP) is 4.04. The van der Waals surface area contributed by atoms with Gasteiger partial charge in [0, 0.05) is 21.8 Å². The average Bonchev–Trinajstić information content (AvgIpc) is 3.05. The highest BCUT2D eigenvalue weighted by atomic mass is 35.5. The first-order valence-electron chi connectivity index (χ1n) is 14.4. The largest absolute Gasteiger partial charge is 0.495 e. The lowest BCUT2D eigenvalue weighted by atomic mass is 10.1. The number of piperazine rings is 1. The van der Waals surface area contributed by atoms with Crippen molar-refractivity contribution in [2.75, 3.05) is 50.1 Å². The minimum atomic E-state index is -0.294. The Labute approximate surface area is 262 Å². The quantitative estimate of drug-likeness (QED) is 0.176. The van der Waals surface area contributed by atoms with E-state index in [1.807, 2.05) is 42.5 Å². The van der Waals surface area contributed by atoms with Gasteiger partial charge in [0.25, 0.3) is 11.8 Å². The number of carbonyl (C=O) groups is 2. The van der Waals surface area contributed by atoms with Gasteiger partial charge in [-0.2, -0.15) is 5.10 Å². The third kappa shape index (κ3) is 8.59. The van der Waals surface area contributed by atoms with Gasteiger partial charge < -0.3 is 24.6 Å². The van der Waals surface area contributed by atoms with E-state index in [2.05, 4.69) is 26.8 Å². The lowest BCUT2D eigenvalue weighted by molar-refractivity contribution is -0.914. The van der Waals surface area contributed by atoms with Gasteiger partial charge in [0.05, 0.1) is 45.2 Å². The van der Waals surface area contributed by atoms with Crippen molar-refractivity contribution in [3.63, 3.8) is 0 Å². The molecule has 4 aromatic rings. The lowest BCUT2D eigenvalue weighted by Crippen LogP contribution is -3.13. The average molecular weight is 613 g/mol. The van der Waals surface area contributed by atoms with E-state index in [9.17, 15) is 9.59 Å². The molecule has 1 aliphatic heterocycles. The molecule has 0 radical (unpaired) electrons. The van der Waals surface area contributed by atoms with Gasteiger partial charge >= 0.3 is 0 Å². The van der Waals surface area contributed by atoms with Crippen molar-refractivity contribution in [2.45, 2.75) is 6.54 Å². The van der Waals surface area contributed by atoms with E-state index in [1.54, 1.807) is 61.9 Å². The number of hydrogen-bond donors (Lipinski definition) is 3. The number of halogens is 1. The maximum Gasteiger partial charge on any atom is 0.271 e. The number of anilines is 2. The number of nitrogens with zero attached hydrogens (tertiary/aromatic N) is 2. The number of methoxy groups -OCH3 is 1. The van der Waals surface area contributed by atoms with Gasteiger partial charge in [-0.15, -0.1) is 0 Å². The molecular formula is C34H35ClN5O4+. The zero-order valence-corrected chi connectivity index (χ0v) is 25.2. The SMILES string of the molecule is COc1ccccc1N1CC[NH+](Cc2ccc(C(=O)N/N=C\c3ccc(OCC(=O)Nc4cccc(Cl)c4)cc3)cc2)CC1. The fraction of sp³-hybridized carbons (Fsp3) is 0.206. The summed E-state index contributed by atoms with van der Waals surface area (Å²) in [4.78, 5) is 28.6. The molecule has 0 saturated carbocycles. The number of para-hydroxylation sites is 2. The highest BCUT2D eigenvalue weighted by Crippen LogP contribution is 2.27. The molecule has 0 atom stereocenters. The Morgan fingerprint density at radius 2 is 1.70 bits per heavy atom. The zero-order valence-electron chi connectivity index (χ0n) is 24.5. The number of nitrogens with one attached hydrogen (secondary N) is 3. The molecule has 0 unspecified atom stereocenters. The third-order valence-electron chi connectivity index (χ3n) is 7.30. The molecule has 4 aromatic carbocycles. The Bertz CT molecular complexity index is 1590. The van der Waals surface area contributed by atoms with Crippen molar-refractivity contribution in [1.82, 2.24) is 5.43 Å². The van der Waals surface area contributed by atoms with Crippen LogP contribution in [0, 0.1) is 0 Å². The van der Waals surface area contributed by atoms with Gasteiger partial charge in [0.15, 0.2) is 6.61 Å². The van der Waals surface area contributed by atoms with E-state index in [0.717, 1.165) is 49.7 Å². The molecule has 1 saturated heterocycles. The standard InChI is InChI=1S/C34H34ClN5O4/c1-43-32-8-3-2-7-31(32)40-19-17-39(18-20-40)23-26-9-13-27(14-10-26)34(42)38-36-22-25-11-15-30(16-12-25)44-24-33(41)37-29-6-4-5-28(35)21-29/h2-16,21-22H,17-20,23-24H2,1H3,(H,37,41)(H,38,42)/p+1/b36-22-. The van der Waals surface area contributed by atoms with Crippen LogP contribution in [-0.4, -0.2) is 57.9 Å². The molecule has 3 N–H and O–H groups in total. The summed E-state index contributed by atoms with van der Waals surface area (Å²) in [6.07, 6.45) is 1.55. The molecule has 0 aromatic heterocycles. The van der Waals surface area contributed by atoms with Crippen molar-refractivity contribution in [2.24, 2.45) is 5.10 Å². The molecule has 9 nitrogen and oxygen atoms in total. The van der Waals surface area contributed by atoms with E-state index in [0.29, 0.717) is 22.0 Å². The van der Waals surface area contributed by atoms with Crippen LogP contribution in [0.2, 0.25) is 5.02 Å². The first-order chi connectivity index (χ1) is 21.5. The van der Waals surface area contributed by atoms with E-state index < -0.39 is 0 Å². The van der Waals surface area contributed by atoms with Crippen molar-refractivity contribution >= 4 is 41.0 Å². The Kier molecular flexibility index (Phi) is 10.5. The summed E-state index contributed by atoms with van der Waals surface area (Å²) in [6.45, 7) is 4.75. The first-order valence-corrected chi connectivity index (χ1v) is 14.8. The first kappa shape index (κ1) is 30.6. The predicted molar refractivity (Wildman–Crippen MR) is 173 cm³/mol. The topological polar surface area (TPSA) is 96.7 Å². The van der Waals surface area contributed by atoms with Crippen molar-refractivity contribution in [1.29, 1.82) is 0 Å². The van der Waals surface area contributed by atoms with Crippen LogP contribution in [-0.2, 0) is 11.3 Å². The van der Waals surface area contributed by atoms with Crippen molar-refractivity contribution in [3.8, 4) is 11.5 Å². The van der Waals surface area contributed by atoms with Crippen molar-refractivity contribution in [3.05, 3.63) is 119 Å². The summed E-state index contributed by atoms with van der Waals surface area (Å²) in [7, 11) is 1.71. The maximum atomic E-state index is 12.6. The molecule has 226 valence electrons. The second kappa shape index (κ2) is 15.0. The van der Waals surface area contributed by atoms with Crippen LogP contribution in [0.4, 0.5) is 11.4 Å². The van der Waals surface area contributed by atoms with Crippen molar-refractivity contribution < 1.29 is 24.0 Å². The Balaban J connectivity index is 1.03. The molecule has 0 bridgehead atoms. The Morgan fingerprint density at radius 1 is 0.955 bits per heavy atom. The molecule has 0 aliphatic carbocycles. The molecule has 10 heteroatoms. The summed E-state index contributed by atoms with van der Waals surface area (Å²) >= 11 is 5.94. The number of hydrogen-bond acceptors (Lipinski definition) is 6. The number of rotatable bonds is 11. The van der Waals surface area contributed by atoms with Crippen LogP contribution in [0.5, 0.6) is 11.5 Å². The molecule has 44 heavy (non-hydrogen) atoms. The highest BCUT2D eigenvalue weighted by Gasteiger charge is 2.22. The molecule has 5 rings (SSSR count). The fourth-order valence-corrected chi connectivity index (χ4v) is 5.18. The summed E-state index contributed by atoms with van der Waals surface area (Å²) in [5, 5.41) is 7.35. The molecule has 1 aliphatic rings. The summed E-state index contributed by atoms with van der Waals surface area (Å²) < 4.78 is 11.1. The van der Waals surface area contributed by atoms with Gasteiger partial charge in [-0.25, -0.2) is 5.43 Å². The minimum absolute atomic E-state index is 0.142. The molecule has 0 spiro atoms. The third-order valence-corrected chi connectivity index (χ3v) is 7.54. The number of benzene rings is 4.